The van der Waals surface area contributed by atoms with Crippen LogP contribution < -0.4 is 5.32 Å². The molecule has 2 heterocycles. The number of aryl methyl sites for hydroxylation is 3. The van der Waals surface area contributed by atoms with E-state index in [4.69, 9.17) is 0 Å². The first-order valence-corrected chi connectivity index (χ1v) is 12.4. The van der Waals surface area contributed by atoms with Crippen LogP contribution in [-0.2, 0) is 10.0 Å². The summed E-state index contributed by atoms with van der Waals surface area (Å²) in [5.41, 5.74) is 2.69. The third-order valence-electron chi connectivity index (χ3n) is 5.62. The summed E-state index contributed by atoms with van der Waals surface area (Å²) in [7, 11) is -3.75. The number of carbonyl (C=O) groups excluding carboxylic acids is 1. The van der Waals surface area contributed by atoms with Crippen LogP contribution in [0.15, 0.2) is 41.3 Å². The summed E-state index contributed by atoms with van der Waals surface area (Å²) in [6.45, 7) is 6.00. The molecular weight excluding hydrogens is 451 g/mol. The summed E-state index contributed by atoms with van der Waals surface area (Å²) in [6.07, 6.45) is 1.27. The molecule has 1 atom stereocenters. The van der Waals surface area contributed by atoms with Gasteiger partial charge in [0.2, 0.25) is 15.0 Å². The number of hydrogen-bond donors (Lipinski definition) is 1. The number of nitrogens with zero attached hydrogens (tertiary/aromatic N) is 3. The Morgan fingerprint density at radius 3 is 2.59 bits per heavy atom. The van der Waals surface area contributed by atoms with Gasteiger partial charge in [-0.2, -0.15) is 4.31 Å². The number of sulfonamides is 1. The second-order valence-corrected chi connectivity index (χ2v) is 10.7. The first-order chi connectivity index (χ1) is 15.2. The lowest BCUT2D eigenvalue weighted by Gasteiger charge is -2.23. The molecule has 0 saturated carbocycles. The van der Waals surface area contributed by atoms with Crippen molar-refractivity contribution in [3.05, 3.63) is 68.9 Å². The standard InChI is InChI=1S/C22H23FN4O3S2/c1-13-11-15(3)19(12-14(13)2)32(29,30)27-10-6-9-18(27)21-25-26-22(31-21)20(28)24-17-8-5-4-7-16(17)23/h4-5,7-8,11-12,18H,6,9-10H2,1-3H3,(H,24,28)/t18-/m0/s1. The molecule has 1 N–H and O–H groups in total. The van der Waals surface area contributed by atoms with Crippen LogP contribution in [0.1, 0.15) is 50.4 Å². The summed E-state index contributed by atoms with van der Waals surface area (Å²) in [4.78, 5) is 12.8. The number of amides is 1. The van der Waals surface area contributed by atoms with E-state index in [1.165, 1.54) is 22.5 Å². The maximum absolute atomic E-state index is 13.8. The SMILES string of the molecule is Cc1cc(C)c(S(=O)(=O)N2CCC[C@H]2c2nnc(C(=O)Nc3ccccc3F)s2)cc1C. The number of rotatable bonds is 5. The van der Waals surface area contributed by atoms with Crippen molar-refractivity contribution in [1.82, 2.24) is 14.5 Å². The first-order valence-electron chi connectivity index (χ1n) is 10.2. The van der Waals surface area contributed by atoms with E-state index in [1.54, 1.807) is 19.1 Å². The fourth-order valence-electron chi connectivity index (χ4n) is 3.81. The zero-order chi connectivity index (χ0) is 23.0. The van der Waals surface area contributed by atoms with Crippen molar-refractivity contribution in [2.75, 3.05) is 11.9 Å². The van der Waals surface area contributed by atoms with Crippen molar-refractivity contribution in [3.8, 4) is 0 Å². The summed E-state index contributed by atoms with van der Waals surface area (Å²) in [6, 6.07) is 8.93. The number of para-hydroxylation sites is 1. The van der Waals surface area contributed by atoms with Crippen molar-refractivity contribution in [1.29, 1.82) is 0 Å². The van der Waals surface area contributed by atoms with Crippen LogP contribution in [0.2, 0.25) is 0 Å². The zero-order valence-electron chi connectivity index (χ0n) is 17.9. The molecular formula is C22H23FN4O3S2. The minimum atomic E-state index is -3.75. The Labute approximate surface area is 190 Å². The fraction of sp³-hybridized carbons (Fsp3) is 0.318. The van der Waals surface area contributed by atoms with E-state index >= 15 is 0 Å². The van der Waals surface area contributed by atoms with Gasteiger partial charge in [-0.25, -0.2) is 12.8 Å². The van der Waals surface area contributed by atoms with Crippen molar-refractivity contribution in [2.24, 2.45) is 0 Å². The Morgan fingerprint density at radius 2 is 1.84 bits per heavy atom. The van der Waals surface area contributed by atoms with Crippen molar-refractivity contribution in [3.63, 3.8) is 0 Å². The van der Waals surface area contributed by atoms with Gasteiger partial charge in [0.05, 0.1) is 16.6 Å². The van der Waals surface area contributed by atoms with E-state index < -0.39 is 27.8 Å². The molecule has 32 heavy (non-hydrogen) atoms. The van der Waals surface area contributed by atoms with Gasteiger partial charge in [0.1, 0.15) is 10.8 Å². The van der Waals surface area contributed by atoms with E-state index in [1.807, 2.05) is 19.9 Å². The Hall–Kier alpha value is -2.69. The van der Waals surface area contributed by atoms with Crippen molar-refractivity contribution < 1.29 is 17.6 Å². The molecule has 0 spiro atoms. The number of hydrogen-bond acceptors (Lipinski definition) is 6. The van der Waals surface area contributed by atoms with E-state index in [2.05, 4.69) is 15.5 Å². The molecule has 2 aromatic carbocycles. The Bertz CT molecular complexity index is 1290. The van der Waals surface area contributed by atoms with E-state index in [-0.39, 0.29) is 15.6 Å². The predicted octanol–water partition coefficient (Wildman–Crippen LogP) is 4.38. The molecule has 3 aromatic rings. The number of aromatic nitrogens is 2. The predicted molar refractivity (Wildman–Crippen MR) is 121 cm³/mol. The smallest absolute Gasteiger partial charge is 0.286 e. The molecule has 168 valence electrons. The van der Waals surface area contributed by atoms with Gasteiger partial charge < -0.3 is 5.32 Å². The number of halogens is 1. The topological polar surface area (TPSA) is 92.3 Å². The van der Waals surface area contributed by atoms with Crippen LogP contribution >= 0.6 is 11.3 Å². The average molecular weight is 475 g/mol. The molecule has 0 unspecified atom stereocenters. The Balaban J connectivity index is 1.59. The minimum Gasteiger partial charge on any atom is -0.317 e. The zero-order valence-corrected chi connectivity index (χ0v) is 19.6. The molecule has 1 aliphatic rings. The fourth-order valence-corrected chi connectivity index (χ4v) is 6.72. The highest BCUT2D eigenvalue weighted by molar-refractivity contribution is 7.89. The minimum absolute atomic E-state index is 0.0459. The second kappa shape index (κ2) is 8.68. The molecule has 4 rings (SSSR count). The molecule has 0 aliphatic carbocycles. The molecule has 0 bridgehead atoms. The first kappa shape index (κ1) is 22.5. The van der Waals surface area contributed by atoms with Gasteiger partial charge in [-0.15, -0.1) is 10.2 Å². The van der Waals surface area contributed by atoms with Gasteiger partial charge in [0, 0.05) is 6.54 Å². The van der Waals surface area contributed by atoms with Crippen LogP contribution in [0.4, 0.5) is 10.1 Å². The average Bonchev–Trinajstić information content (AvgIpc) is 3.42. The van der Waals surface area contributed by atoms with Crippen LogP contribution in [0.25, 0.3) is 0 Å². The summed E-state index contributed by atoms with van der Waals surface area (Å²) < 4.78 is 42.2. The normalized spacial score (nSPS) is 16.9. The van der Waals surface area contributed by atoms with Crippen LogP contribution in [0.5, 0.6) is 0 Å². The monoisotopic (exact) mass is 474 g/mol. The van der Waals surface area contributed by atoms with Gasteiger partial charge in [-0.05, 0) is 68.5 Å². The van der Waals surface area contributed by atoms with E-state index in [0.717, 1.165) is 22.5 Å². The molecule has 10 heteroatoms. The van der Waals surface area contributed by atoms with Crippen molar-refractivity contribution in [2.45, 2.75) is 44.6 Å². The molecule has 0 radical (unpaired) electrons. The lowest BCUT2D eigenvalue weighted by atomic mass is 10.1. The third-order valence-corrected chi connectivity index (χ3v) is 8.70. The summed E-state index contributed by atoms with van der Waals surface area (Å²) >= 11 is 1.03. The number of carbonyl (C=O) groups is 1. The largest absolute Gasteiger partial charge is 0.317 e. The van der Waals surface area contributed by atoms with E-state index in [0.29, 0.717) is 30.0 Å². The van der Waals surface area contributed by atoms with Crippen molar-refractivity contribution >= 4 is 33.0 Å². The molecule has 1 aliphatic heterocycles. The van der Waals surface area contributed by atoms with Crippen LogP contribution in [0.3, 0.4) is 0 Å². The maximum Gasteiger partial charge on any atom is 0.286 e. The van der Waals surface area contributed by atoms with Crippen LogP contribution in [0, 0.1) is 26.6 Å². The lowest BCUT2D eigenvalue weighted by Crippen LogP contribution is -2.31. The summed E-state index contributed by atoms with van der Waals surface area (Å²) in [5.74, 6) is -1.14. The molecule has 1 aromatic heterocycles. The highest BCUT2D eigenvalue weighted by atomic mass is 32.2. The van der Waals surface area contributed by atoms with Gasteiger partial charge in [-0.3, -0.25) is 4.79 Å². The van der Waals surface area contributed by atoms with Gasteiger partial charge in [0.15, 0.2) is 0 Å². The lowest BCUT2D eigenvalue weighted by molar-refractivity contribution is 0.102. The second-order valence-electron chi connectivity index (χ2n) is 7.86. The third kappa shape index (κ3) is 4.17. The maximum atomic E-state index is 13.8. The Kier molecular flexibility index (Phi) is 6.11. The molecule has 1 amide bonds. The van der Waals surface area contributed by atoms with Gasteiger partial charge in [0.25, 0.3) is 5.91 Å². The summed E-state index contributed by atoms with van der Waals surface area (Å²) in [5, 5.41) is 11.0. The Morgan fingerprint density at radius 1 is 1.12 bits per heavy atom. The quantitative estimate of drug-likeness (QED) is 0.592. The number of nitrogens with one attached hydrogen (secondary N) is 1. The number of anilines is 1. The van der Waals surface area contributed by atoms with Gasteiger partial charge in [-0.1, -0.05) is 29.5 Å². The highest BCUT2D eigenvalue weighted by Gasteiger charge is 2.39. The highest BCUT2D eigenvalue weighted by Crippen LogP contribution is 2.38. The molecule has 1 fully saturated rings. The number of benzene rings is 2. The molecule has 1 saturated heterocycles. The van der Waals surface area contributed by atoms with E-state index in [9.17, 15) is 17.6 Å². The van der Waals surface area contributed by atoms with Crippen LogP contribution in [-0.4, -0.2) is 35.4 Å². The molecule has 7 nitrogen and oxygen atoms in total. The van der Waals surface area contributed by atoms with Gasteiger partial charge >= 0.3 is 0 Å².